The second-order valence-electron chi connectivity index (χ2n) is 7.68. The predicted octanol–water partition coefficient (Wildman–Crippen LogP) is 2.19. The first-order valence-electron chi connectivity index (χ1n) is 7.40. The Labute approximate surface area is 103 Å². The molecule has 8 atom stereocenters. The fourth-order valence-corrected chi connectivity index (χ4v) is 6.39. The first-order valence-corrected chi connectivity index (χ1v) is 7.40. The average Bonchev–Trinajstić information content (AvgIpc) is 2.25. The van der Waals surface area contributed by atoms with Crippen molar-refractivity contribution in [3.05, 3.63) is 0 Å². The van der Waals surface area contributed by atoms with Crippen molar-refractivity contribution in [2.45, 2.75) is 57.2 Å². The number of hydrogen-bond donors (Lipinski definition) is 2. The molecule has 0 amide bonds. The van der Waals surface area contributed by atoms with Gasteiger partial charge in [0, 0.05) is 0 Å². The van der Waals surface area contributed by atoms with Gasteiger partial charge in [0.05, 0.1) is 11.2 Å². The molecule has 5 saturated carbocycles. The van der Waals surface area contributed by atoms with Crippen molar-refractivity contribution in [1.29, 1.82) is 0 Å². The number of hydrogen-bond acceptors (Lipinski definition) is 2. The van der Waals surface area contributed by atoms with Crippen LogP contribution < -0.4 is 0 Å². The van der Waals surface area contributed by atoms with Crippen LogP contribution in [0.5, 0.6) is 0 Å². The summed E-state index contributed by atoms with van der Waals surface area (Å²) in [6.45, 7) is 4.44. The summed E-state index contributed by atoms with van der Waals surface area (Å²) in [5.41, 5.74) is -0.887. The Morgan fingerprint density at radius 3 is 2.24 bits per heavy atom. The van der Waals surface area contributed by atoms with Gasteiger partial charge in [-0.15, -0.1) is 0 Å². The van der Waals surface area contributed by atoms with E-state index in [-0.39, 0.29) is 0 Å². The van der Waals surface area contributed by atoms with Gasteiger partial charge in [-0.25, -0.2) is 0 Å². The van der Waals surface area contributed by atoms with Crippen molar-refractivity contribution in [3.63, 3.8) is 0 Å². The molecular weight excluding hydrogens is 212 g/mol. The summed E-state index contributed by atoms with van der Waals surface area (Å²) in [7, 11) is 0. The average molecular weight is 236 g/mol. The van der Waals surface area contributed by atoms with E-state index in [1.165, 1.54) is 6.42 Å². The summed E-state index contributed by atoms with van der Waals surface area (Å²) in [6, 6.07) is 0. The lowest BCUT2D eigenvalue weighted by Crippen LogP contribution is -2.74. The van der Waals surface area contributed by atoms with Crippen LogP contribution in [0.2, 0.25) is 0 Å². The Morgan fingerprint density at radius 2 is 1.47 bits per heavy atom. The fourth-order valence-electron chi connectivity index (χ4n) is 6.39. The van der Waals surface area contributed by atoms with Gasteiger partial charge in [0.1, 0.15) is 0 Å². The zero-order valence-corrected chi connectivity index (χ0v) is 10.9. The summed E-state index contributed by atoms with van der Waals surface area (Å²) in [4.78, 5) is 0. The van der Waals surface area contributed by atoms with Crippen LogP contribution in [-0.4, -0.2) is 21.4 Å². The largest absolute Gasteiger partial charge is 0.389 e. The molecule has 96 valence electrons. The van der Waals surface area contributed by atoms with Crippen molar-refractivity contribution < 1.29 is 10.2 Å². The molecule has 17 heavy (non-hydrogen) atoms. The van der Waals surface area contributed by atoms with Crippen LogP contribution in [0.25, 0.3) is 0 Å². The topological polar surface area (TPSA) is 40.5 Å². The van der Waals surface area contributed by atoms with E-state index in [2.05, 4.69) is 13.8 Å². The quantitative estimate of drug-likeness (QED) is 0.677. The molecule has 0 spiro atoms. The molecule has 0 aromatic carbocycles. The number of aliphatic hydroxyl groups is 2. The van der Waals surface area contributed by atoms with Gasteiger partial charge in [0.2, 0.25) is 0 Å². The van der Waals surface area contributed by atoms with Crippen LogP contribution in [0.3, 0.4) is 0 Å². The van der Waals surface area contributed by atoms with Crippen molar-refractivity contribution in [1.82, 2.24) is 0 Å². The van der Waals surface area contributed by atoms with Gasteiger partial charge >= 0.3 is 0 Å². The maximum Gasteiger partial charge on any atom is 0.0713 e. The lowest BCUT2D eigenvalue weighted by molar-refractivity contribution is -0.309. The maximum atomic E-state index is 11.2. The first kappa shape index (κ1) is 10.8. The number of rotatable bonds is 0. The molecule has 0 radical (unpaired) electrons. The van der Waals surface area contributed by atoms with E-state index in [9.17, 15) is 10.2 Å². The highest BCUT2D eigenvalue weighted by atomic mass is 16.3. The van der Waals surface area contributed by atoms with Crippen LogP contribution in [-0.2, 0) is 0 Å². The van der Waals surface area contributed by atoms with E-state index >= 15 is 0 Å². The second-order valence-corrected chi connectivity index (χ2v) is 7.68. The highest BCUT2D eigenvalue weighted by molar-refractivity contribution is 5.20. The van der Waals surface area contributed by atoms with Gasteiger partial charge in [-0.2, -0.15) is 0 Å². The summed E-state index contributed by atoms with van der Waals surface area (Å²) in [5, 5.41) is 22.3. The van der Waals surface area contributed by atoms with Gasteiger partial charge in [0.15, 0.2) is 0 Å². The molecule has 5 fully saturated rings. The predicted molar refractivity (Wildman–Crippen MR) is 65.3 cm³/mol. The molecule has 6 bridgehead atoms. The molecule has 0 aromatic rings. The molecule has 8 unspecified atom stereocenters. The Hall–Kier alpha value is -0.0800. The lowest BCUT2D eigenvalue weighted by atomic mass is 9.37. The van der Waals surface area contributed by atoms with Crippen molar-refractivity contribution in [2.75, 3.05) is 0 Å². The molecule has 0 aliphatic heterocycles. The lowest BCUT2D eigenvalue weighted by Gasteiger charge is -2.71. The van der Waals surface area contributed by atoms with Gasteiger partial charge in [-0.1, -0.05) is 13.8 Å². The Kier molecular flexibility index (Phi) is 1.85. The third-order valence-corrected chi connectivity index (χ3v) is 6.93. The molecule has 5 rings (SSSR count). The normalized spacial score (nSPS) is 68.5. The SMILES string of the molecule is CC1CC2C3CC4CC(C(C)C2(O)C4)C3(O)C1. The van der Waals surface area contributed by atoms with E-state index < -0.39 is 11.2 Å². The molecule has 0 saturated heterocycles. The highest BCUT2D eigenvalue weighted by Crippen LogP contribution is 2.68. The van der Waals surface area contributed by atoms with Gasteiger partial charge < -0.3 is 10.2 Å². The molecule has 2 heteroatoms. The van der Waals surface area contributed by atoms with Gasteiger partial charge in [0.25, 0.3) is 0 Å². The zero-order chi connectivity index (χ0) is 12.0. The third-order valence-electron chi connectivity index (χ3n) is 6.93. The van der Waals surface area contributed by atoms with E-state index in [4.69, 9.17) is 0 Å². The maximum absolute atomic E-state index is 11.2. The van der Waals surface area contributed by atoms with E-state index in [1.807, 2.05) is 0 Å². The minimum absolute atomic E-state index is 0.304. The molecule has 0 aromatic heterocycles. The van der Waals surface area contributed by atoms with Gasteiger partial charge in [-0.3, -0.25) is 0 Å². The molecule has 2 N–H and O–H groups in total. The van der Waals surface area contributed by atoms with E-state index in [0.717, 1.165) is 25.7 Å². The molecule has 5 aliphatic rings. The minimum Gasteiger partial charge on any atom is -0.389 e. The van der Waals surface area contributed by atoms with E-state index in [1.54, 1.807) is 0 Å². The summed E-state index contributed by atoms with van der Waals surface area (Å²) >= 11 is 0. The molecule has 2 nitrogen and oxygen atoms in total. The Bertz CT molecular complexity index is 358. The van der Waals surface area contributed by atoms with E-state index in [0.29, 0.717) is 35.5 Å². The highest BCUT2D eigenvalue weighted by Gasteiger charge is 2.70. The first-order chi connectivity index (χ1) is 7.95. The fraction of sp³-hybridized carbons (Fsp3) is 1.00. The third kappa shape index (κ3) is 1.06. The van der Waals surface area contributed by atoms with Crippen molar-refractivity contribution >= 4 is 0 Å². The summed E-state index contributed by atoms with van der Waals surface area (Å²) in [5.74, 6) is 2.71. The monoisotopic (exact) mass is 236 g/mol. The van der Waals surface area contributed by atoms with Crippen LogP contribution in [0.1, 0.15) is 46.0 Å². The molecular formula is C15H24O2. The van der Waals surface area contributed by atoms with Crippen molar-refractivity contribution in [2.24, 2.45) is 35.5 Å². The molecule has 5 aliphatic carbocycles. The van der Waals surface area contributed by atoms with Gasteiger partial charge in [-0.05, 0) is 67.6 Å². The Morgan fingerprint density at radius 1 is 0.824 bits per heavy atom. The molecule has 0 heterocycles. The summed E-state index contributed by atoms with van der Waals surface area (Å²) in [6.07, 6.45) is 5.46. The second kappa shape index (κ2) is 2.91. The summed E-state index contributed by atoms with van der Waals surface area (Å²) < 4.78 is 0. The standard InChI is InChI=1S/C15H24O2/c1-8-3-12-13-5-10-4-11(15(13,17)6-8)9(2)14(12,16)7-10/h8-13,16-17H,3-7H2,1-2H3. The Balaban J connectivity index is 1.86. The zero-order valence-electron chi connectivity index (χ0n) is 10.9. The van der Waals surface area contributed by atoms with Crippen LogP contribution in [0, 0.1) is 35.5 Å². The van der Waals surface area contributed by atoms with Crippen LogP contribution >= 0.6 is 0 Å². The van der Waals surface area contributed by atoms with Crippen LogP contribution in [0.4, 0.5) is 0 Å². The van der Waals surface area contributed by atoms with Crippen molar-refractivity contribution in [3.8, 4) is 0 Å². The minimum atomic E-state index is -0.447. The van der Waals surface area contributed by atoms with Crippen LogP contribution in [0.15, 0.2) is 0 Å². The smallest absolute Gasteiger partial charge is 0.0713 e.